The van der Waals surface area contributed by atoms with Crippen LogP contribution in [0.25, 0.3) is 10.8 Å². The highest BCUT2D eigenvalue weighted by Gasteiger charge is 2.04. The van der Waals surface area contributed by atoms with E-state index in [-0.39, 0.29) is 5.78 Å². The number of fused-ring (bicyclic) bond motifs is 1. The molecule has 2 aromatic rings. The molecule has 0 amide bonds. The van der Waals surface area contributed by atoms with Crippen LogP contribution >= 0.6 is 0 Å². The number of nitrogens with zero attached hydrogens (tertiary/aromatic N) is 2. The molecule has 13 heavy (non-hydrogen) atoms. The van der Waals surface area contributed by atoms with Crippen molar-refractivity contribution in [2.45, 2.75) is 6.92 Å². The van der Waals surface area contributed by atoms with Crippen LogP contribution in [-0.2, 0) is 0 Å². The number of hydrogen-bond donors (Lipinski definition) is 0. The first-order valence-electron chi connectivity index (χ1n) is 3.99. The Bertz CT molecular complexity index is 460. The van der Waals surface area contributed by atoms with Gasteiger partial charge in [-0.15, -0.1) is 0 Å². The summed E-state index contributed by atoms with van der Waals surface area (Å²) in [5.41, 5.74) is 0.701. The number of ketones is 1. The lowest BCUT2D eigenvalue weighted by Crippen LogP contribution is -1.94. The van der Waals surface area contributed by atoms with Crippen LogP contribution in [0.2, 0.25) is 0 Å². The lowest BCUT2D eigenvalue weighted by molar-refractivity contribution is 0.101. The largest absolute Gasteiger partial charge is 0.294 e. The van der Waals surface area contributed by atoms with E-state index in [1.807, 2.05) is 12.1 Å². The van der Waals surface area contributed by atoms with Gasteiger partial charge in [0, 0.05) is 16.3 Å². The van der Waals surface area contributed by atoms with Crippen LogP contribution in [0.15, 0.2) is 30.6 Å². The van der Waals surface area contributed by atoms with Crippen LogP contribution in [0.4, 0.5) is 0 Å². The highest BCUT2D eigenvalue weighted by molar-refractivity contribution is 6.06. The first-order chi connectivity index (χ1) is 6.29. The van der Waals surface area contributed by atoms with Gasteiger partial charge in [-0.05, 0) is 6.92 Å². The molecule has 0 aliphatic heterocycles. The van der Waals surface area contributed by atoms with Crippen molar-refractivity contribution in [2.75, 3.05) is 0 Å². The van der Waals surface area contributed by atoms with Crippen LogP contribution in [0.1, 0.15) is 17.3 Å². The fourth-order valence-corrected chi connectivity index (χ4v) is 1.33. The van der Waals surface area contributed by atoms with Crippen molar-refractivity contribution in [2.24, 2.45) is 0 Å². The summed E-state index contributed by atoms with van der Waals surface area (Å²) in [4.78, 5) is 11.2. The maximum absolute atomic E-state index is 11.2. The van der Waals surface area contributed by atoms with E-state index in [1.165, 1.54) is 0 Å². The Morgan fingerprint density at radius 1 is 1.23 bits per heavy atom. The predicted octanol–water partition coefficient (Wildman–Crippen LogP) is 1.83. The maximum atomic E-state index is 11.2. The molecule has 1 aromatic heterocycles. The highest BCUT2D eigenvalue weighted by atomic mass is 16.1. The molecule has 0 unspecified atom stereocenters. The second kappa shape index (κ2) is 2.94. The molecule has 64 valence electrons. The second-order valence-corrected chi connectivity index (χ2v) is 2.85. The van der Waals surface area contributed by atoms with Gasteiger partial charge in [-0.1, -0.05) is 18.2 Å². The van der Waals surface area contributed by atoms with E-state index in [2.05, 4.69) is 10.2 Å². The van der Waals surface area contributed by atoms with Crippen LogP contribution in [0.3, 0.4) is 0 Å². The third-order valence-electron chi connectivity index (χ3n) is 1.97. The number of hydrogen-bond acceptors (Lipinski definition) is 3. The molecule has 0 saturated heterocycles. The van der Waals surface area contributed by atoms with Crippen LogP contribution in [-0.4, -0.2) is 16.0 Å². The summed E-state index contributed by atoms with van der Waals surface area (Å²) in [5.74, 6) is 0.0543. The molecule has 0 aliphatic rings. The number of Topliss-reactive ketones (excluding diaryl/α,β-unsaturated/α-hetero) is 1. The Morgan fingerprint density at radius 3 is 2.77 bits per heavy atom. The van der Waals surface area contributed by atoms with Crippen molar-refractivity contribution in [3.8, 4) is 0 Å². The van der Waals surface area contributed by atoms with Gasteiger partial charge < -0.3 is 0 Å². The first kappa shape index (κ1) is 7.86. The molecule has 0 radical (unpaired) electrons. The Labute approximate surface area is 75.4 Å². The molecule has 0 spiro atoms. The minimum absolute atomic E-state index is 0.0543. The second-order valence-electron chi connectivity index (χ2n) is 2.85. The summed E-state index contributed by atoms with van der Waals surface area (Å²) in [7, 11) is 0. The zero-order valence-corrected chi connectivity index (χ0v) is 7.19. The Balaban J connectivity index is 2.83. The van der Waals surface area contributed by atoms with Crippen molar-refractivity contribution in [1.82, 2.24) is 10.2 Å². The molecule has 0 bridgehead atoms. The van der Waals surface area contributed by atoms with Gasteiger partial charge in [0.1, 0.15) is 0 Å². The average Bonchev–Trinajstić information content (AvgIpc) is 2.17. The van der Waals surface area contributed by atoms with Gasteiger partial charge in [0.05, 0.1) is 12.4 Å². The van der Waals surface area contributed by atoms with E-state index in [0.717, 1.165) is 10.8 Å². The zero-order chi connectivity index (χ0) is 9.26. The fourth-order valence-electron chi connectivity index (χ4n) is 1.33. The fraction of sp³-hybridized carbons (Fsp3) is 0.100. The molecular weight excluding hydrogens is 164 g/mol. The zero-order valence-electron chi connectivity index (χ0n) is 7.19. The highest BCUT2D eigenvalue weighted by Crippen LogP contribution is 2.16. The molecular formula is C10H8N2O. The van der Waals surface area contributed by atoms with Crippen molar-refractivity contribution in [1.29, 1.82) is 0 Å². The van der Waals surface area contributed by atoms with Gasteiger partial charge in [-0.3, -0.25) is 4.79 Å². The van der Waals surface area contributed by atoms with E-state index in [1.54, 1.807) is 25.4 Å². The molecule has 0 fully saturated rings. The van der Waals surface area contributed by atoms with Crippen molar-refractivity contribution >= 4 is 16.6 Å². The van der Waals surface area contributed by atoms with E-state index in [9.17, 15) is 4.79 Å². The molecule has 0 atom stereocenters. The van der Waals surface area contributed by atoms with E-state index in [4.69, 9.17) is 0 Å². The number of carbonyl (C=O) groups is 1. The van der Waals surface area contributed by atoms with Gasteiger partial charge in [0.15, 0.2) is 5.78 Å². The molecule has 3 nitrogen and oxygen atoms in total. The van der Waals surface area contributed by atoms with Crippen LogP contribution in [0, 0.1) is 0 Å². The minimum Gasteiger partial charge on any atom is -0.294 e. The minimum atomic E-state index is 0.0543. The smallest absolute Gasteiger partial charge is 0.160 e. The quantitative estimate of drug-likeness (QED) is 0.616. The lowest BCUT2D eigenvalue weighted by Gasteiger charge is -2.00. The van der Waals surface area contributed by atoms with Gasteiger partial charge in [-0.25, -0.2) is 0 Å². The van der Waals surface area contributed by atoms with E-state index in [0.29, 0.717) is 5.56 Å². The number of benzene rings is 1. The molecule has 0 saturated carbocycles. The molecule has 2 rings (SSSR count). The van der Waals surface area contributed by atoms with Crippen molar-refractivity contribution in [3.63, 3.8) is 0 Å². The molecule has 0 N–H and O–H groups in total. The summed E-state index contributed by atoms with van der Waals surface area (Å²) in [6.45, 7) is 1.55. The number of aromatic nitrogens is 2. The van der Waals surface area contributed by atoms with E-state index < -0.39 is 0 Å². The van der Waals surface area contributed by atoms with Crippen molar-refractivity contribution < 1.29 is 4.79 Å². The van der Waals surface area contributed by atoms with Crippen LogP contribution < -0.4 is 0 Å². The van der Waals surface area contributed by atoms with Gasteiger partial charge in [0.2, 0.25) is 0 Å². The summed E-state index contributed by atoms with van der Waals surface area (Å²) in [6, 6.07) is 5.56. The number of carbonyl (C=O) groups excluding carboxylic acids is 1. The number of rotatable bonds is 1. The normalized spacial score (nSPS) is 10.2. The molecule has 1 aromatic carbocycles. The van der Waals surface area contributed by atoms with E-state index >= 15 is 0 Å². The lowest BCUT2D eigenvalue weighted by atomic mass is 10.1. The summed E-state index contributed by atoms with van der Waals surface area (Å²) in [6.07, 6.45) is 3.27. The topological polar surface area (TPSA) is 42.9 Å². The monoisotopic (exact) mass is 172 g/mol. The first-order valence-corrected chi connectivity index (χ1v) is 3.99. The maximum Gasteiger partial charge on any atom is 0.160 e. The Morgan fingerprint density at radius 2 is 2.00 bits per heavy atom. The standard InChI is InChI=1S/C10H8N2O/c1-7(13)9-4-2-3-8-5-11-12-6-10(8)9/h2-6H,1H3. The summed E-state index contributed by atoms with van der Waals surface area (Å²) >= 11 is 0. The third kappa shape index (κ3) is 1.28. The SMILES string of the molecule is CC(=O)c1cccc2cnncc12. The van der Waals surface area contributed by atoms with Crippen LogP contribution in [0.5, 0.6) is 0 Å². The van der Waals surface area contributed by atoms with Crippen molar-refractivity contribution in [3.05, 3.63) is 36.2 Å². The summed E-state index contributed by atoms with van der Waals surface area (Å²) in [5, 5.41) is 9.32. The molecule has 1 heterocycles. The molecule has 0 aliphatic carbocycles. The van der Waals surface area contributed by atoms with Gasteiger partial charge >= 0.3 is 0 Å². The Hall–Kier alpha value is -1.77. The van der Waals surface area contributed by atoms with Gasteiger partial charge in [-0.2, -0.15) is 10.2 Å². The molecule has 3 heteroatoms. The summed E-state index contributed by atoms with van der Waals surface area (Å²) < 4.78 is 0. The third-order valence-corrected chi connectivity index (χ3v) is 1.97. The Kier molecular flexibility index (Phi) is 1.77. The average molecular weight is 172 g/mol. The van der Waals surface area contributed by atoms with Gasteiger partial charge in [0.25, 0.3) is 0 Å². The predicted molar refractivity (Wildman–Crippen MR) is 49.5 cm³/mol.